The molecule has 0 aliphatic heterocycles. The monoisotopic (exact) mass is 359 g/mol. The predicted molar refractivity (Wildman–Crippen MR) is 101 cm³/mol. The highest BCUT2D eigenvalue weighted by Crippen LogP contribution is 2.17. The van der Waals surface area contributed by atoms with E-state index in [2.05, 4.69) is 9.97 Å². The smallest absolute Gasteiger partial charge is 0.222 e. The molecule has 0 fully saturated rings. The Kier molecular flexibility index (Phi) is 7.25. The number of likely N-dealkylation sites (N-methyl/N-ethyl adjacent to an activating group) is 1. The van der Waals surface area contributed by atoms with Crippen LogP contribution in [-0.4, -0.2) is 47.2 Å². The maximum absolute atomic E-state index is 12.3. The summed E-state index contributed by atoms with van der Waals surface area (Å²) in [7, 11) is 1.81. The van der Waals surface area contributed by atoms with E-state index in [4.69, 9.17) is 4.74 Å². The Morgan fingerprint density at radius 3 is 2.40 bits per heavy atom. The van der Waals surface area contributed by atoms with Crippen LogP contribution in [0, 0.1) is 13.8 Å². The molecule has 0 radical (unpaired) electrons. The molecule has 0 spiro atoms. The number of ether oxygens (including phenoxy) is 1. The van der Waals surface area contributed by atoms with Crippen molar-refractivity contribution >= 4 is 17.7 Å². The minimum absolute atomic E-state index is 0.101. The van der Waals surface area contributed by atoms with E-state index in [9.17, 15) is 4.79 Å². The van der Waals surface area contributed by atoms with Crippen LogP contribution in [0.2, 0.25) is 0 Å². The molecule has 1 heterocycles. The van der Waals surface area contributed by atoms with Crippen molar-refractivity contribution < 1.29 is 9.53 Å². The van der Waals surface area contributed by atoms with Gasteiger partial charge in [-0.15, -0.1) is 0 Å². The van der Waals surface area contributed by atoms with E-state index < -0.39 is 0 Å². The molecule has 25 heavy (non-hydrogen) atoms. The van der Waals surface area contributed by atoms with Crippen LogP contribution in [0.3, 0.4) is 0 Å². The number of thioether (sulfide) groups is 1. The van der Waals surface area contributed by atoms with E-state index in [0.29, 0.717) is 26.0 Å². The van der Waals surface area contributed by atoms with E-state index >= 15 is 0 Å². The molecule has 0 atom stereocenters. The fraction of sp³-hybridized carbons (Fsp3) is 0.421. The van der Waals surface area contributed by atoms with Crippen LogP contribution < -0.4 is 4.74 Å². The van der Waals surface area contributed by atoms with Crippen molar-refractivity contribution in [1.29, 1.82) is 0 Å². The lowest BCUT2D eigenvalue weighted by Crippen LogP contribution is -2.31. The Labute approximate surface area is 153 Å². The SMILES string of the molecule is CSc1nc(C)c(CCC(=O)N(C)CCOc2ccccc2)c(C)n1. The van der Waals surface area contributed by atoms with Gasteiger partial charge < -0.3 is 9.64 Å². The van der Waals surface area contributed by atoms with Gasteiger partial charge in [0.1, 0.15) is 12.4 Å². The van der Waals surface area contributed by atoms with E-state index in [1.807, 2.05) is 57.5 Å². The molecule has 0 aliphatic carbocycles. The van der Waals surface area contributed by atoms with E-state index in [0.717, 1.165) is 27.9 Å². The van der Waals surface area contributed by atoms with Crippen LogP contribution in [0.25, 0.3) is 0 Å². The number of benzene rings is 1. The van der Waals surface area contributed by atoms with Crippen molar-refractivity contribution in [3.63, 3.8) is 0 Å². The second kappa shape index (κ2) is 9.42. The number of hydrogen-bond acceptors (Lipinski definition) is 5. The molecule has 0 saturated heterocycles. The van der Waals surface area contributed by atoms with Gasteiger partial charge in [0.05, 0.1) is 6.54 Å². The zero-order valence-corrected chi connectivity index (χ0v) is 16.1. The van der Waals surface area contributed by atoms with Crippen molar-refractivity contribution in [2.45, 2.75) is 31.8 Å². The first-order valence-electron chi connectivity index (χ1n) is 8.31. The van der Waals surface area contributed by atoms with Gasteiger partial charge in [0.15, 0.2) is 5.16 Å². The van der Waals surface area contributed by atoms with Crippen LogP contribution in [-0.2, 0) is 11.2 Å². The Hall–Kier alpha value is -2.08. The first kappa shape index (κ1) is 19.2. The number of hydrogen-bond donors (Lipinski definition) is 0. The molecule has 0 bridgehead atoms. The maximum atomic E-state index is 12.3. The summed E-state index contributed by atoms with van der Waals surface area (Å²) in [4.78, 5) is 23.0. The van der Waals surface area contributed by atoms with Crippen LogP contribution in [0.5, 0.6) is 5.75 Å². The quantitative estimate of drug-likeness (QED) is 0.535. The summed E-state index contributed by atoms with van der Waals surface area (Å²) in [6.07, 6.45) is 3.07. The van der Waals surface area contributed by atoms with E-state index in [1.54, 1.807) is 4.90 Å². The van der Waals surface area contributed by atoms with Crippen molar-refractivity contribution in [3.8, 4) is 5.75 Å². The summed E-state index contributed by atoms with van der Waals surface area (Å²) >= 11 is 1.53. The highest BCUT2D eigenvalue weighted by atomic mass is 32.2. The zero-order valence-electron chi connectivity index (χ0n) is 15.3. The molecular formula is C19H25N3O2S. The van der Waals surface area contributed by atoms with Gasteiger partial charge in [-0.2, -0.15) is 0 Å². The van der Waals surface area contributed by atoms with Crippen LogP contribution in [0.4, 0.5) is 0 Å². The number of nitrogens with zero attached hydrogens (tertiary/aromatic N) is 3. The molecule has 6 heteroatoms. The maximum Gasteiger partial charge on any atom is 0.222 e. The molecule has 0 saturated carbocycles. The first-order valence-corrected chi connectivity index (χ1v) is 9.53. The molecule has 0 N–H and O–H groups in total. The lowest BCUT2D eigenvalue weighted by molar-refractivity contribution is -0.130. The normalized spacial score (nSPS) is 10.6. The fourth-order valence-corrected chi connectivity index (χ4v) is 2.98. The third-order valence-corrected chi connectivity index (χ3v) is 4.58. The van der Waals surface area contributed by atoms with Crippen molar-refractivity contribution in [2.24, 2.45) is 0 Å². The second-order valence-corrected chi connectivity index (χ2v) is 6.61. The summed E-state index contributed by atoms with van der Waals surface area (Å²) in [6.45, 7) is 5.00. The molecule has 1 aromatic carbocycles. The Morgan fingerprint density at radius 2 is 1.80 bits per heavy atom. The highest BCUT2D eigenvalue weighted by molar-refractivity contribution is 7.98. The summed E-state index contributed by atoms with van der Waals surface area (Å²) in [6, 6.07) is 9.62. The van der Waals surface area contributed by atoms with Crippen LogP contribution in [0.1, 0.15) is 23.4 Å². The standard InChI is InChI=1S/C19H25N3O2S/c1-14-17(15(2)21-19(20-14)25-4)10-11-18(23)22(3)12-13-24-16-8-6-5-7-9-16/h5-9H,10-13H2,1-4H3. The molecular weight excluding hydrogens is 334 g/mol. The Bertz CT molecular complexity index is 684. The van der Waals surface area contributed by atoms with Gasteiger partial charge in [-0.1, -0.05) is 30.0 Å². The zero-order chi connectivity index (χ0) is 18.2. The first-order chi connectivity index (χ1) is 12.0. The molecule has 5 nitrogen and oxygen atoms in total. The summed E-state index contributed by atoms with van der Waals surface area (Å²) in [5.74, 6) is 0.921. The lowest BCUT2D eigenvalue weighted by atomic mass is 10.1. The lowest BCUT2D eigenvalue weighted by Gasteiger charge is -2.18. The fourth-order valence-electron chi connectivity index (χ4n) is 2.53. The minimum Gasteiger partial charge on any atom is -0.492 e. The third-order valence-electron chi connectivity index (χ3n) is 4.04. The van der Waals surface area contributed by atoms with Gasteiger partial charge >= 0.3 is 0 Å². The second-order valence-electron chi connectivity index (χ2n) is 5.84. The number of rotatable bonds is 8. The average molecular weight is 359 g/mol. The molecule has 1 aromatic heterocycles. The van der Waals surface area contributed by atoms with Gasteiger partial charge in [0.2, 0.25) is 5.91 Å². The predicted octanol–water partition coefficient (Wildman–Crippen LogP) is 3.29. The molecule has 2 rings (SSSR count). The van der Waals surface area contributed by atoms with Crippen LogP contribution >= 0.6 is 11.8 Å². The number of carbonyl (C=O) groups is 1. The average Bonchev–Trinajstić information content (AvgIpc) is 2.61. The topological polar surface area (TPSA) is 55.3 Å². The Morgan fingerprint density at radius 1 is 1.16 bits per heavy atom. The van der Waals surface area contributed by atoms with Crippen LogP contribution in [0.15, 0.2) is 35.5 Å². The number of aromatic nitrogens is 2. The van der Waals surface area contributed by atoms with Crippen molar-refractivity contribution in [2.75, 3.05) is 26.5 Å². The number of para-hydroxylation sites is 1. The molecule has 0 aliphatic rings. The van der Waals surface area contributed by atoms with Gasteiger partial charge in [-0.25, -0.2) is 9.97 Å². The number of carbonyl (C=O) groups excluding carboxylic acids is 1. The highest BCUT2D eigenvalue weighted by Gasteiger charge is 2.13. The van der Waals surface area contributed by atoms with Gasteiger partial charge in [-0.3, -0.25) is 4.79 Å². The molecule has 134 valence electrons. The van der Waals surface area contributed by atoms with E-state index in [1.165, 1.54) is 11.8 Å². The molecule has 1 amide bonds. The summed E-state index contributed by atoms with van der Waals surface area (Å²) in [5, 5.41) is 0.778. The van der Waals surface area contributed by atoms with Crippen molar-refractivity contribution in [1.82, 2.24) is 14.9 Å². The Balaban J connectivity index is 1.81. The number of aryl methyl sites for hydroxylation is 2. The minimum atomic E-state index is 0.101. The largest absolute Gasteiger partial charge is 0.492 e. The van der Waals surface area contributed by atoms with Gasteiger partial charge in [0, 0.05) is 24.9 Å². The van der Waals surface area contributed by atoms with E-state index in [-0.39, 0.29) is 5.91 Å². The third kappa shape index (κ3) is 5.74. The molecule has 0 unspecified atom stereocenters. The van der Waals surface area contributed by atoms with Crippen molar-refractivity contribution in [3.05, 3.63) is 47.3 Å². The van der Waals surface area contributed by atoms with Gasteiger partial charge in [0.25, 0.3) is 0 Å². The summed E-state index contributed by atoms with van der Waals surface area (Å²) in [5.41, 5.74) is 2.99. The number of amides is 1. The summed E-state index contributed by atoms with van der Waals surface area (Å²) < 4.78 is 5.64. The van der Waals surface area contributed by atoms with Gasteiger partial charge in [-0.05, 0) is 44.2 Å². The molecule has 2 aromatic rings.